The molecule has 1 heterocycles. The number of rotatable bonds is 4. The van der Waals surface area contributed by atoms with Crippen molar-refractivity contribution in [3.8, 4) is 5.69 Å². The van der Waals surface area contributed by atoms with E-state index >= 15 is 0 Å². The van der Waals surface area contributed by atoms with E-state index in [9.17, 15) is 8.42 Å². The summed E-state index contributed by atoms with van der Waals surface area (Å²) >= 11 is 5.27. The molecule has 0 aliphatic carbocycles. The molecular formula is C8H8ClN5O2S. The lowest BCUT2D eigenvalue weighted by atomic mass is 10.3. The topological polar surface area (TPSA) is 89.8 Å². The van der Waals surface area contributed by atoms with E-state index in [1.807, 2.05) is 0 Å². The molecule has 2 aromatic rings. The maximum absolute atomic E-state index is 11.2. The molecule has 1 aromatic heterocycles. The number of aromatic nitrogens is 4. The van der Waals surface area contributed by atoms with E-state index in [4.69, 9.17) is 11.6 Å². The van der Waals surface area contributed by atoms with Crippen molar-refractivity contribution >= 4 is 27.3 Å². The van der Waals surface area contributed by atoms with Gasteiger partial charge in [-0.2, -0.15) is 0 Å². The Labute approximate surface area is 102 Å². The van der Waals surface area contributed by atoms with Crippen molar-refractivity contribution in [3.63, 3.8) is 0 Å². The van der Waals surface area contributed by atoms with E-state index in [2.05, 4.69) is 20.2 Å². The molecule has 90 valence electrons. The second-order valence-electron chi connectivity index (χ2n) is 3.13. The van der Waals surface area contributed by atoms with Crippen LogP contribution in [0.15, 0.2) is 30.6 Å². The van der Waals surface area contributed by atoms with Gasteiger partial charge < -0.3 is 0 Å². The second kappa shape index (κ2) is 4.68. The zero-order valence-corrected chi connectivity index (χ0v) is 10.1. The van der Waals surface area contributed by atoms with Crippen molar-refractivity contribution in [3.05, 3.63) is 30.6 Å². The van der Waals surface area contributed by atoms with Crippen LogP contribution in [0.25, 0.3) is 5.69 Å². The molecule has 0 aliphatic heterocycles. The number of benzene rings is 1. The van der Waals surface area contributed by atoms with Gasteiger partial charge in [-0.15, -0.1) is 16.7 Å². The van der Waals surface area contributed by atoms with Gasteiger partial charge in [-0.05, 0) is 34.7 Å². The molecule has 9 heteroatoms. The van der Waals surface area contributed by atoms with Crippen LogP contribution in [-0.2, 0) is 10.0 Å². The maximum atomic E-state index is 11.2. The van der Waals surface area contributed by atoms with Crippen LogP contribution >= 0.6 is 11.6 Å². The molecule has 0 unspecified atom stereocenters. The number of halogens is 1. The quantitative estimate of drug-likeness (QED) is 0.824. The third kappa shape index (κ3) is 2.92. The Bertz CT molecular complexity index is 581. The highest BCUT2D eigenvalue weighted by Gasteiger charge is 2.07. The Kier molecular flexibility index (Phi) is 3.25. The average Bonchev–Trinajstić information content (AvgIpc) is 2.83. The molecule has 1 aromatic carbocycles. The molecule has 0 atom stereocenters. The van der Waals surface area contributed by atoms with Crippen LogP contribution in [-0.4, -0.2) is 33.8 Å². The summed E-state index contributed by atoms with van der Waals surface area (Å²) in [4.78, 5) is 0. The predicted octanol–water partition coefficient (Wildman–Crippen LogP) is 0.600. The lowest BCUT2D eigenvalue weighted by molar-refractivity contribution is 0.605. The molecule has 0 spiro atoms. The third-order valence-corrected chi connectivity index (χ3v) is 3.59. The van der Waals surface area contributed by atoms with Gasteiger partial charge in [-0.25, -0.2) is 13.1 Å². The number of sulfonamides is 1. The van der Waals surface area contributed by atoms with Crippen molar-refractivity contribution < 1.29 is 8.42 Å². The summed E-state index contributed by atoms with van der Waals surface area (Å²) < 4.78 is 26.2. The zero-order chi connectivity index (χ0) is 12.3. The Balaban J connectivity index is 2.19. The largest absolute Gasteiger partial charge is 0.283 e. The van der Waals surface area contributed by atoms with Gasteiger partial charge in [0, 0.05) is 5.69 Å². The highest BCUT2D eigenvalue weighted by atomic mass is 35.5. The molecule has 0 amide bonds. The normalized spacial score (nSPS) is 11.4. The first-order chi connectivity index (χ1) is 8.11. The fourth-order valence-corrected chi connectivity index (χ4v) is 1.88. The van der Waals surface area contributed by atoms with Crippen LogP contribution in [0.5, 0.6) is 0 Å². The summed E-state index contributed by atoms with van der Waals surface area (Å²) in [7, 11) is -3.47. The Hall–Kier alpha value is -1.67. The van der Waals surface area contributed by atoms with Gasteiger partial charge in [0.05, 0.1) is 5.69 Å². The van der Waals surface area contributed by atoms with Crippen LogP contribution in [0.1, 0.15) is 0 Å². The van der Waals surface area contributed by atoms with Gasteiger partial charge in [-0.3, -0.25) is 4.72 Å². The van der Waals surface area contributed by atoms with Gasteiger partial charge in [0.1, 0.15) is 11.5 Å². The van der Waals surface area contributed by atoms with E-state index in [0.717, 1.165) is 5.69 Å². The number of alkyl halides is 1. The number of nitrogens with zero attached hydrogens (tertiary/aromatic N) is 4. The van der Waals surface area contributed by atoms with Gasteiger partial charge in [0.2, 0.25) is 10.0 Å². The number of nitrogens with one attached hydrogen (secondary N) is 1. The molecule has 0 saturated carbocycles. The van der Waals surface area contributed by atoms with Crippen molar-refractivity contribution in [1.29, 1.82) is 0 Å². The van der Waals surface area contributed by atoms with E-state index in [1.165, 1.54) is 11.0 Å². The van der Waals surface area contributed by atoms with Crippen LogP contribution in [0.2, 0.25) is 0 Å². The first kappa shape index (κ1) is 11.8. The molecule has 0 aliphatic rings. The molecular weight excluding hydrogens is 266 g/mol. The monoisotopic (exact) mass is 273 g/mol. The smallest absolute Gasteiger partial charge is 0.246 e. The SMILES string of the molecule is O=S(=O)(CCl)Nc1ccc(-n2cnnn2)cc1. The van der Waals surface area contributed by atoms with Gasteiger partial charge in [0.15, 0.2) is 0 Å². The summed E-state index contributed by atoms with van der Waals surface area (Å²) in [5.41, 5.74) is 1.16. The summed E-state index contributed by atoms with van der Waals surface area (Å²) in [6.45, 7) is 0. The maximum Gasteiger partial charge on any atom is 0.246 e. The average molecular weight is 274 g/mol. The Morgan fingerprint density at radius 2 is 2.00 bits per heavy atom. The van der Waals surface area contributed by atoms with Crippen molar-refractivity contribution in [2.75, 3.05) is 9.93 Å². The lowest BCUT2D eigenvalue weighted by Crippen LogP contribution is -2.13. The van der Waals surface area contributed by atoms with Gasteiger partial charge in [-0.1, -0.05) is 0 Å². The molecule has 7 nitrogen and oxygen atoms in total. The Morgan fingerprint density at radius 1 is 1.29 bits per heavy atom. The molecule has 17 heavy (non-hydrogen) atoms. The minimum Gasteiger partial charge on any atom is -0.283 e. The zero-order valence-electron chi connectivity index (χ0n) is 8.49. The summed E-state index contributed by atoms with van der Waals surface area (Å²) in [6, 6.07) is 6.56. The van der Waals surface area contributed by atoms with Crippen molar-refractivity contribution in [2.45, 2.75) is 0 Å². The third-order valence-electron chi connectivity index (χ3n) is 1.90. The first-order valence-corrected chi connectivity index (χ1v) is 6.69. The lowest BCUT2D eigenvalue weighted by Gasteiger charge is -2.05. The standard InChI is InChI=1S/C8H8ClN5O2S/c9-5-17(15,16)11-7-1-3-8(4-2-7)14-6-10-12-13-14/h1-4,6,11H,5H2. The number of tetrazole rings is 1. The summed E-state index contributed by atoms with van der Waals surface area (Å²) in [6.07, 6.45) is 1.44. The highest BCUT2D eigenvalue weighted by Crippen LogP contribution is 2.13. The minimum absolute atomic E-state index is 0.433. The molecule has 0 saturated heterocycles. The minimum atomic E-state index is -3.47. The molecule has 2 rings (SSSR count). The van der Waals surface area contributed by atoms with E-state index in [1.54, 1.807) is 24.3 Å². The van der Waals surface area contributed by atoms with Gasteiger partial charge >= 0.3 is 0 Å². The number of hydrogen-bond acceptors (Lipinski definition) is 5. The number of hydrogen-bond donors (Lipinski definition) is 1. The van der Waals surface area contributed by atoms with Gasteiger partial charge in [0.25, 0.3) is 0 Å². The molecule has 1 N–H and O–H groups in total. The molecule has 0 bridgehead atoms. The summed E-state index contributed by atoms with van der Waals surface area (Å²) in [5.74, 6) is 0. The van der Waals surface area contributed by atoms with Crippen LogP contribution in [0.4, 0.5) is 5.69 Å². The fourth-order valence-electron chi connectivity index (χ4n) is 1.17. The summed E-state index contributed by atoms with van der Waals surface area (Å²) in [5, 5.41) is 10.2. The second-order valence-corrected chi connectivity index (χ2v) is 5.43. The van der Waals surface area contributed by atoms with Crippen LogP contribution in [0, 0.1) is 0 Å². The Morgan fingerprint density at radius 3 is 2.53 bits per heavy atom. The number of anilines is 1. The van der Waals surface area contributed by atoms with E-state index in [0.29, 0.717) is 5.69 Å². The van der Waals surface area contributed by atoms with Crippen LogP contribution < -0.4 is 4.72 Å². The highest BCUT2D eigenvalue weighted by molar-refractivity contribution is 7.93. The first-order valence-electron chi connectivity index (χ1n) is 4.50. The van der Waals surface area contributed by atoms with E-state index < -0.39 is 15.2 Å². The molecule has 0 fully saturated rings. The van der Waals surface area contributed by atoms with Crippen molar-refractivity contribution in [2.24, 2.45) is 0 Å². The molecule has 0 radical (unpaired) electrons. The van der Waals surface area contributed by atoms with E-state index in [-0.39, 0.29) is 0 Å². The van der Waals surface area contributed by atoms with Crippen LogP contribution in [0.3, 0.4) is 0 Å². The fraction of sp³-hybridized carbons (Fsp3) is 0.125. The van der Waals surface area contributed by atoms with Crippen molar-refractivity contribution in [1.82, 2.24) is 20.2 Å². The predicted molar refractivity (Wildman–Crippen MR) is 62.4 cm³/mol.